The van der Waals surface area contributed by atoms with Crippen molar-refractivity contribution < 1.29 is 20.1 Å². The van der Waals surface area contributed by atoms with Crippen LogP contribution in [-0.4, -0.2) is 33.5 Å². The number of carbonyl (C=O) groups is 1. The third-order valence-corrected chi connectivity index (χ3v) is 9.73. The van der Waals surface area contributed by atoms with Crippen LogP contribution in [0.5, 0.6) is 0 Å². The fourth-order valence-corrected chi connectivity index (χ4v) is 8.00. The van der Waals surface area contributed by atoms with Gasteiger partial charge in [-0.3, -0.25) is 4.79 Å². The molecule has 7 atom stereocenters. The van der Waals surface area contributed by atoms with Gasteiger partial charge in [-0.15, -0.1) is 0 Å². The summed E-state index contributed by atoms with van der Waals surface area (Å²) in [5.74, 6) is 1.77. The highest BCUT2D eigenvalue weighted by atomic mass is 16.4. The van der Waals surface area contributed by atoms with Gasteiger partial charge in [-0.2, -0.15) is 0 Å². The third kappa shape index (κ3) is 4.26. The van der Waals surface area contributed by atoms with E-state index in [2.05, 4.69) is 27.7 Å². The molecule has 0 aromatic carbocycles. The molecule has 0 heterocycles. The Bertz CT molecular complexity index is 567. The Morgan fingerprint density at radius 2 is 1.72 bits per heavy atom. The second-order valence-corrected chi connectivity index (χ2v) is 11.3. The van der Waals surface area contributed by atoms with Gasteiger partial charge >= 0.3 is 5.97 Å². The molecule has 4 heteroatoms. The van der Waals surface area contributed by atoms with Gasteiger partial charge in [-0.05, 0) is 91.8 Å². The van der Waals surface area contributed by atoms with Crippen LogP contribution >= 0.6 is 0 Å². The highest BCUT2D eigenvalue weighted by molar-refractivity contribution is 5.66. The van der Waals surface area contributed by atoms with E-state index in [0.717, 1.165) is 38.5 Å². The molecule has 0 spiro atoms. The summed E-state index contributed by atoms with van der Waals surface area (Å²) in [5, 5.41) is 30.7. The first-order valence-electron chi connectivity index (χ1n) is 12.2. The molecule has 0 amide bonds. The van der Waals surface area contributed by atoms with Crippen molar-refractivity contribution in [3.05, 3.63) is 0 Å². The summed E-state index contributed by atoms with van der Waals surface area (Å²) in [4.78, 5) is 11.1. The maximum atomic E-state index is 11.5. The molecule has 4 unspecified atom stereocenters. The fraction of sp³-hybridized carbons (Fsp3) is 0.960. The first-order chi connectivity index (χ1) is 13.6. The molecule has 3 saturated carbocycles. The van der Waals surface area contributed by atoms with Crippen LogP contribution < -0.4 is 0 Å². The van der Waals surface area contributed by atoms with Gasteiger partial charge in [-0.25, -0.2) is 0 Å². The van der Waals surface area contributed by atoms with E-state index in [4.69, 9.17) is 5.11 Å². The fourth-order valence-electron chi connectivity index (χ4n) is 8.00. The Morgan fingerprint density at radius 3 is 2.31 bits per heavy atom. The highest BCUT2D eigenvalue weighted by Crippen LogP contribution is 2.65. The van der Waals surface area contributed by atoms with Crippen LogP contribution in [0.3, 0.4) is 0 Å². The standard InChI is InChI=1S/C25H44O4/c1-5-6-18-20-9-8-19(16(2)7-10-23(28)29)25(20,4)22(27)15-21(18)24(3)13-11-17(26)12-14-24/h16-22,26-27H,5-15H2,1-4H3,(H,28,29)/t16-,17-,18?,19?,20?,21?,22+,24+,25-/m1/s1. The van der Waals surface area contributed by atoms with Crippen molar-refractivity contribution in [3.63, 3.8) is 0 Å². The highest BCUT2D eigenvalue weighted by Gasteiger charge is 2.61. The molecular formula is C25H44O4. The molecule has 3 N–H and O–H groups in total. The molecule has 3 rings (SSSR count). The molecule has 4 nitrogen and oxygen atoms in total. The second kappa shape index (κ2) is 8.86. The maximum absolute atomic E-state index is 11.5. The van der Waals surface area contributed by atoms with E-state index in [1.54, 1.807) is 0 Å². The van der Waals surface area contributed by atoms with Crippen LogP contribution in [0.2, 0.25) is 0 Å². The van der Waals surface area contributed by atoms with E-state index >= 15 is 0 Å². The van der Waals surface area contributed by atoms with Crippen molar-refractivity contribution in [2.75, 3.05) is 0 Å². The van der Waals surface area contributed by atoms with E-state index < -0.39 is 5.97 Å². The largest absolute Gasteiger partial charge is 0.481 e. The molecule has 0 radical (unpaired) electrons. The molecule has 0 aliphatic heterocycles. The predicted molar refractivity (Wildman–Crippen MR) is 115 cm³/mol. The molecule has 29 heavy (non-hydrogen) atoms. The van der Waals surface area contributed by atoms with Crippen molar-refractivity contribution in [2.45, 2.75) is 111 Å². The number of hydrogen-bond acceptors (Lipinski definition) is 3. The third-order valence-electron chi connectivity index (χ3n) is 9.73. The lowest BCUT2D eigenvalue weighted by Crippen LogP contribution is -2.55. The molecule has 0 aromatic rings. The average Bonchev–Trinajstić information content (AvgIpc) is 3.03. The van der Waals surface area contributed by atoms with Gasteiger partial charge in [0, 0.05) is 6.42 Å². The predicted octanol–water partition coefficient (Wildman–Crippen LogP) is 5.26. The average molecular weight is 409 g/mol. The zero-order chi connectivity index (χ0) is 21.4. The molecule has 0 aromatic heterocycles. The molecule has 0 bridgehead atoms. The number of aliphatic hydroxyl groups is 2. The maximum Gasteiger partial charge on any atom is 0.303 e. The summed E-state index contributed by atoms with van der Waals surface area (Å²) in [6.07, 6.45) is 10.1. The van der Waals surface area contributed by atoms with Crippen molar-refractivity contribution in [1.29, 1.82) is 0 Å². The van der Waals surface area contributed by atoms with Crippen molar-refractivity contribution in [3.8, 4) is 0 Å². The van der Waals surface area contributed by atoms with E-state index in [-0.39, 0.29) is 29.5 Å². The summed E-state index contributed by atoms with van der Waals surface area (Å²) in [7, 11) is 0. The van der Waals surface area contributed by atoms with Gasteiger partial charge in [0.2, 0.25) is 0 Å². The Labute approximate surface area is 177 Å². The SMILES string of the molecule is CCCC1C2CCC([C@H](C)CCC(=O)O)[C@@]2(C)[C@@H](O)CC1[C@]1(C)CC[C@H](O)CC1. The lowest BCUT2D eigenvalue weighted by atomic mass is 9.48. The minimum atomic E-state index is -0.711. The van der Waals surface area contributed by atoms with E-state index in [1.165, 1.54) is 19.3 Å². The first kappa shape index (κ1) is 23.1. The van der Waals surface area contributed by atoms with Crippen LogP contribution in [0.15, 0.2) is 0 Å². The zero-order valence-electron chi connectivity index (χ0n) is 19.1. The molecular weight excluding hydrogens is 364 g/mol. The molecule has 3 aliphatic carbocycles. The van der Waals surface area contributed by atoms with Gasteiger partial charge < -0.3 is 15.3 Å². The van der Waals surface area contributed by atoms with E-state index in [9.17, 15) is 15.0 Å². The van der Waals surface area contributed by atoms with Crippen molar-refractivity contribution >= 4 is 5.97 Å². The summed E-state index contributed by atoms with van der Waals surface area (Å²) in [6, 6.07) is 0. The minimum Gasteiger partial charge on any atom is -0.481 e. The van der Waals surface area contributed by atoms with Gasteiger partial charge in [0.05, 0.1) is 12.2 Å². The Kier molecular flexibility index (Phi) is 7.05. The number of fused-ring (bicyclic) bond motifs is 1. The molecule has 3 fully saturated rings. The van der Waals surface area contributed by atoms with Crippen LogP contribution in [0.25, 0.3) is 0 Å². The summed E-state index contributed by atoms with van der Waals surface area (Å²) < 4.78 is 0. The minimum absolute atomic E-state index is 0.0845. The molecule has 3 aliphatic rings. The number of carboxylic acids is 1. The van der Waals surface area contributed by atoms with Crippen LogP contribution in [0.4, 0.5) is 0 Å². The summed E-state index contributed by atoms with van der Waals surface area (Å²) in [5.41, 5.74) is 0.146. The number of rotatable bonds is 7. The van der Waals surface area contributed by atoms with Gasteiger partial charge in [0.1, 0.15) is 0 Å². The summed E-state index contributed by atoms with van der Waals surface area (Å²) in [6.45, 7) is 9.24. The Balaban J connectivity index is 1.84. The van der Waals surface area contributed by atoms with E-state index in [1.807, 2.05) is 0 Å². The number of carboxylic acid groups (broad SMARTS) is 1. The molecule has 168 valence electrons. The van der Waals surface area contributed by atoms with Gasteiger partial charge in [0.25, 0.3) is 0 Å². The van der Waals surface area contributed by atoms with Crippen LogP contribution in [0, 0.1) is 40.4 Å². The van der Waals surface area contributed by atoms with Gasteiger partial charge in [-0.1, -0.05) is 40.5 Å². The van der Waals surface area contributed by atoms with Gasteiger partial charge in [0.15, 0.2) is 0 Å². The smallest absolute Gasteiger partial charge is 0.303 e. The molecule has 0 saturated heterocycles. The zero-order valence-corrected chi connectivity index (χ0v) is 19.1. The lowest BCUT2D eigenvalue weighted by molar-refractivity contribution is -0.145. The van der Waals surface area contributed by atoms with Crippen LogP contribution in [-0.2, 0) is 4.79 Å². The number of aliphatic carboxylic acids is 1. The monoisotopic (exact) mass is 408 g/mol. The Morgan fingerprint density at radius 1 is 1.07 bits per heavy atom. The van der Waals surface area contributed by atoms with E-state index in [0.29, 0.717) is 36.0 Å². The quantitative estimate of drug-likeness (QED) is 0.537. The summed E-state index contributed by atoms with van der Waals surface area (Å²) >= 11 is 0. The Hall–Kier alpha value is -0.610. The lowest BCUT2D eigenvalue weighted by Gasteiger charge is -2.58. The van der Waals surface area contributed by atoms with Crippen molar-refractivity contribution in [2.24, 2.45) is 40.4 Å². The number of aliphatic hydroxyl groups excluding tert-OH is 2. The van der Waals surface area contributed by atoms with Crippen LogP contribution in [0.1, 0.15) is 98.3 Å². The first-order valence-corrected chi connectivity index (χ1v) is 12.2. The number of hydrogen-bond donors (Lipinski definition) is 3. The second-order valence-electron chi connectivity index (χ2n) is 11.3. The normalized spacial score (nSPS) is 46.3. The topological polar surface area (TPSA) is 77.8 Å². The van der Waals surface area contributed by atoms with Crippen molar-refractivity contribution in [1.82, 2.24) is 0 Å².